The maximum Gasteiger partial charge on any atom is 0.101 e. The quantitative estimate of drug-likeness (QED) is 0.703. The van der Waals surface area contributed by atoms with Gasteiger partial charge in [0, 0.05) is 23.5 Å². The normalized spacial score (nSPS) is 9.95. The molecule has 2 heterocycles. The molecule has 20 heavy (non-hydrogen) atoms. The topological polar surface area (TPSA) is 49.6 Å². The first kappa shape index (κ1) is 12.1. The zero-order chi connectivity index (χ0) is 13.8. The van der Waals surface area contributed by atoms with E-state index in [1.807, 2.05) is 54.6 Å². The van der Waals surface area contributed by atoms with Gasteiger partial charge >= 0.3 is 0 Å². The number of hydrogen-bond acceptors (Lipinski definition) is 3. The van der Waals surface area contributed by atoms with Crippen molar-refractivity contribution in [3.63, 3.8) is 0 Å². The highest BCUT2D eigenvalue weighted by molar-refractivity contribution is 5.79. The van der Waals surface area contributed by atoms with Crippen molar-refractivity contribution < 1.29 is 0 Å². The second-order valence-corrected chi connectivity index (χ2v) is 4.27. The van der Waals surface area contributed by atoms with Crippen LogP contribution in [0.4, 0.5) is 0 Å². The first-order valence-corrected chi connectivity index (χ1v) is 6.26. The van der Waals surface area contributed by atoms with Crippen molar-refractivity contribution in [2.24, 2.45) is 0 Å². The summed E-state index contributed by atoms with van der Waals surface area (Å²) in [5, 5.41) is 9.52. The summed E-state index contributed by atoms with van der Waals surface area (Å²) in [6.45, 7) is 0. The van der Waals surface area contributed by atoms with E-state index in [-0.39, 0.29) is 0 Å². The highest BCUT2D eigenvalue weighted by Gasteiger charge is 2.12. The van der Waals surface area contributed by atoms with Gasteiger partial charge in [-0.05, 0) is 24.3 Å². The SMILES string of the molecule is N#Cc1c(-c2ccccn2)cccc1-c1ccccn1. The summed E-state index contributed by atoms with van der Waals surface area (Å²) in [6.07, 6.45) is 3.45. The summed E-state index contributed by atoms with van der Waals surface area (Å²) >= 11 is 0. The maximum atomic E-state index is 9.52. The molecule has 3 heteroatoms. The van der Waals surface area contributed by atoms with E-state index >= 15 is 0 Å². The second kappa shape index (κ2) is 5.33. The van der Waals surface area contributed by atoms with E-state index in [1.54, 1.807) is 12.4 Å². The van der Waals surface area contributed by atoms with Crippen LogP contribution >= 0.6 is 0 Å². The molecule has 0 aliphatic carbocycles. The lowest BCUT2D eigenvalue weighted by atomic mass is 9.97. The van der Waals surface area contributed by atoms with Gasteiger partial charge in [0.15, 0.2) is 0 Å². The molecule has 3 aromatic rings. The summed E-state index contributed by atoms with van der Waals surface area (Å²) in [4.78, 5) is 8.64. The van der Waals surface area contributed by atoms with E-state index in [2.05, 4.69) is 16.0 Å². The highest BCUT2D eigenvalue weighted by atomic mass is 14.7. The molecule has 3 rings (SSSR count). The van der Waals surface area contributed by atoms with E-state index in [4.69, 9.17) is 0 Å². The van der Waals surface area contributed by atoms with Gasteiger partial charge in [-0.25, -0.2) is 0 Å². The van der Waals surface area contributed by atoms with Crippen molar-refractivity contribution in [3.8, 4) is 28.6 Å². The van der Waals surface area contributed by atoms with Crippen molar-refractivity contribution >= 4 is 0 Å². The maximum absolute atomic E-state index is 9.52. The molecule has 0 atom stereocenters. The first-order valence-electron chi connectivity index (χ1n) is 6.26. The molecular weight excluding hydrogens is 246 g/mol. The van der Waals surface area contributed by atoms with Crippen molar-refractivity contribution in [2.75, 3.05) is 0 Å². The predicted octanol–water partition coefficient (Wildman–Crippen LogP) is 3.68. The van der Waals surface area contributed by atoms with Crippen molar-refractivity contribution in [1.82, 2.24) is 9.97 Å². The number of nitrogens with zero attached hydrogens (tertiary/aromatic N) is 3. The van der Waals surface area contributed by atoms with Crippen LogP contribution in [0.1, 0.15) is 5.56 Å². The van der Waals surface area contributed by atoms with E-state index in [1.165, 1.54) is 0 Å². The Morgan fingerprint density at radius 1 is 0.700 bits per heavy atom. The third-order valence-corrected chi connectivity index (χ3v) is 3.06. The molecule has 0 bridgehead atoms. The summed E-state index contributed by atoms with van der Waals surface area (Å²) in [5.41, 5.74) is 3.85. The monoisotopic (exact) mass is 257 g/mol. The minimum absolute atomic E-state index is 0.602. The summed E-state index contributed by atoms with van der Waals surface area (Å²) in [7, 11) is 0. The first-order chi connectivity index (χ1) is 9.90. The van der Waals surface area contributed by atoms with Crippen molar-refractivity contribution in [3.05, 3.63) is 72.6 Å². The molecular formula is C17H11N3. The average Bonchev–Trinajstić information content (AvgIpc) is 2.55. The van der Waals surface area contributed by atoms with Crippen molar-refractivity contribution in [2.45, 2.75) is 0 Å². The molecule has 0 unspecified atom stereocenters. The fraction of sp³-hybridized carbons (Fsp3) is 0. The smallest absolute Gasteiger partial charge is 0.101 e. The summed E-state index contributed by atoms with van der Waals surface area (Å²) < 4.78 is 0. The van der Waals surface area contributed by atoms with Crippen LogP contribution in [0.3, 0.4) is 0 Å². The van der Waals surface area contributed by atoms with Gasteiger partial charge in [0.1, 0.15) is 6.07 Å². The zero-order valence-electron chi connectivity index (χ0n) is 10.7. The van der Waals surface area contributed by atoms with Gasteiger partial charge in [-0.2, -0.15) is 5.26 Å². The number of benzene rings is 1. The Kier molecular flexibility index (Phi) is 3.22. The van der Waals surface area contributed by atoms with Crippen LogP contribution in [0.15, 0.2) is 67.0 Å². The van der Waals surface area contributed by atoms with E-state index in [0.29, 0.717) is 5.56 Å². The molecule has 3 nitrogen and oxygen atoms in total. The fourth-order valence-electron chi connectivity index (χ4n) is 2.14. The van der Waals surface area contributed by atoms with Crippen LogP contribution in [-0.4, -0.2) is 9.97 Å². The molecule has 0 fully saturated rings. The number of pyridine rings is 2. The zero-order valence-corrected chi connectivity index (χ0v) is 10.7. The molecule has 0 N–H and O–H groups in total. The van der Waals surface area contributed by atoms with Gasteiger partial charge in [0.05, 0.1) is 17.0 Å². The Balaban J connectivity index is 2.22. The van der Waals surface area contributed by atoms with Crippen LogP contribution in [0.5, 0.6) is 0 Å². The lowest BCUT2D eigenvalue weighted by Gasteiger charge is -2.08. The van der Waals surface area contributed by atoms with Crippen LogP contribution in [0.25, 0.3) is 22.5 Å². The minimum Gasteiger partial charge on any atom is -0.256 e. The third-order valence-electron chi connectivity index (χ3n) is 3.06. The molecule has 94 valence electrons. The number of rotatable bonds is 2. The van der Waals surface area contributed by atoms with Gasteiger partial charge in [-0.3, -0.25) is 9.97 Å². The Morgan fingerprint density at radius 3 is 1.65 bits per heavy atom. The van der Waals surface area contributed by atoms with Crippen LogP contribution in [-0.2, 0) is 0 Å². The summed E-state index contributed by atoms with van der Waals surface area (Å²) in [6, 6.07) is 19.4. The Morgan fingerprint density at radius 2 is 1.25 bits per heavy atom. The molecule has 0 saturated heterocycles. The third kappa shape index (κ3) is 2.15. The predicted molar refractivity (Wildman–Crippen MR) is 77.6 cm³/mol. The lowest BCUT2D eigenvalue weighted by Crippen LogP contribution is -1.92. The fourth-order valence-corrected chi connectivity index (χ4v) is 2.14. The molecule has 0 radical (unpaired) electrons. The second-order valence-electron chi connectivity index (χ2n) is 4.27. The van der Waals surface area contributed by atoms with Crippen LogP contribution < -0.4 is 0 Å². The van der Waals surface area contributed by atoms with E-state index < -0.39 is 0 Å². The van der Waals surface area contributed by atoms with Gasteiger partial charge in [0.2, 0.25) is 0 Å². The number of nitriles is 1. The van der Waals surface area contributed by atoms with Gasteiger partial charge < -0.3 is 0 Å². The van der Waals surface area contributed by atoms with E-state index in [9.17, 15) is 5.26 Å². The molecule has 1 aromatic carbocycles. The lowest BCUT2D eigenvalue weighted by molar-refractivity contribution is 1.30. The minimum atomic E-state index is 0.602. The molecule has 0 aliphatic rings. The van der Waals surface area contributed by atoms with Gasteiger partial charge in [-0.15, -0.1) is 0 Å². The van der Waals surface area contributed by atoms with Crippen molar-refractivity contribution in [1.29, 1.82) is 5.26 Å². The van der Waals surface area contributed by atoms with E-state index in [0.717, 1.165) is 22.5 Å². The number of hydrogen-bond donors (Lipinski definition) is 0. The Hall–Kier alpha value is -2.99. The van der Waals surface area contributed by atoms with Gasteiger partial charge in [-0.1, -0.05) is 30.3 Å². The molecule has 0 aliphatic heterocycles. The molecule has 0 saturated carbocycles. The van der Waals surface area contributed by atoms with Crippen LogP contribution in [0.2, 0.25) is 0 Å². The van der Waals surface area contributed by atoms with Gasteiger partial charge in [0.25, 0.3) is 0 Å². The standard InChI is InChI=1S/C17H11N3/c18-12-15-13(16-8-1-3-10-19-16)6-5-7-14(15)17-9-2-4-11-20-17/h1-11H. The molecule has 2 aromatic heterocycles. The Labute approximate surface area is 117 Å². The summed E-state index contributed by atoms with van der Waals surface area (Å²) in [5.74, 6) is 0. The van der Waals surface area contributed by atoms with Crippen LogP contribution in [0, 0.1) is 11.3 Å². The molecule has 0 spiro atoms. The average molecular weight is 257 g/mol. The molecule has 0 amide bonds. The highest BCUT2D eigenvalue weighted by Crippen LogP contribution is 2.29. The number of aromatic nitrogens is 2. The largest absolute Gasteiger partial charge is 0.256 e. The Bertz CT molecular complexity index is 701.